The summed E-state index contributed by atoms with van der Waals surface area (Å²) in [5.74, 6) is -0.548. The maximum atomic E-state index is 12.2. The van der Waals surface area contributed by atoms with Crippen molar-refractivity contribution in [2.45, 2.75) is 20.0 Å². The number of benzene rings is 2. The van der Waals surface area contributed by atoms with E-state index in [9.17, 15) is 14.4 Å². The van der Waals surface area contributed by atoms with Crippen molar-refractivity contribution in [3.63, 3.8) is 0 Å². The van der Waals surface area contributed by atoms with Crippen LogP contribution >= 0.6 is 0 Å². The lowest BCUT2D eigenvalue weighted by atomic mass is 10.2. The number of rotatable bonds is 7. The van der Waals surface area contributed by atoms with Gasteiger partial charge in [-0.25, -0.2) is 4.79 Å². The van der Waals surface area contributed by atoms with Gasteiger partial charge in [0.25, 0.3) is 5.91 Å². The molecule has 0 spiro atoms. The second-order valence-electron chi connectivity index (χ2n) is 5.93. The van der Waals surface area contributed by atoms with Gasteiger partial charge in [0.1, 0.15) is 5.75 Å². The first-order chi connectivity index (χ1) is 13.4. The molecular weight excluding hydrogens is 360 g/mol. The van der Waals surface area contributed by atoms with E-state index in [1.54, 1.807) is 61.7 Å². The number of anilines is 2. The van der Waals surface area contributed by atoms with Crippen LogP contribution in [0.2, 0.25) is 0 Å². The molecular formula is C21H22N2O5. The van der Waals surface area contributed by atoms with Crippen LogP contribution in [0, 0.1) is 0 Å². The summed E-state index contributed by atoms with van der Waals surface area (Å²) in [6.45, 7) is 2.90. The second kappa shape index (κ2) is 9.91. The minimum Gasteiger partial charge on any atom is -0.497 e. The van der Waals surface area contributed by atoms with Crippen LogP contribution in [0.15, 0.2) is 54.6 Å². The third-order valence-electron chi connectivity index (χ3n) is 3.66. The summed E-state index contributed by atoms with van der Waals surface area (Å²) in [7, 11) is 1.58. The fourth-order valence-electron chi connectivity index (χ4n) is 2.23. The van der Waals surface area contributed by atoms with Gasteiger partial charge in [-0.1, -0.05) is 12.1 Å². The van der Waals surface area contributed by atoms with Crippen LogP contribution in [-0.4, -0.2) is 31.0 Å². The SMILES string of the molecule is COc1ccc(/C=C/C(=O)O[C@@H](C)C(=O)Nc2ccc(NC(C)=O)cc2)cc1. The molecule has 2 aromatic carbocycles. The molecule has 0 saturated heterocycles. The zero-order valence-electron chi connectivity index (χ0n) is 15.9. The molecule has 0 heterocycles. The van der Waals surface area contributed by atoms with E-state index in [1.807, 2.05) is 0 Å². The Bertz CT molecular complexity index is 857. The molecule has 0 aliphatic rings. The molecule has 2 aromatic rings. The first-order valence-corrected chi connectivity index (χ1v) is 8.58. The van der Waals surface area contributed by atoms with E-state index in [2.05, 4.69) is 10.6 Å². The average Bonchev–Trinajstić information content (AvgIpc) is 2.67. The van der Waals surface area contributed by atoms with Crippen molar-refractivity contribution in [1.82, 2.24) is 0 Å². The molecule has 0 aliphatic carbocycles. The van der Waals surface area contributed by atoms with Gasteiger partial charge in [0.05, 0.1) is 7.11 Å². The first kappa shape index (κ1) is 20.7. The molecule has 1 atom stereocenters. The molecule has 2 N–H and O–H groups in total. The van der Waals surface area contributed by atoms with Crippen LogP contribution in [-0.2, 0) is 19.1 Å². The summed E-state index contributed by atoms with van der Waals surface area (Å²) in [6, 6.07) is 13.7. The molecule has 2 amide bonds. The molecule has 7 nitrogen and oxygen atoms in total. The van der Waals surface area contributed by atoms with Crippen LogP contribution in [0.4, 0.5) is 11.4 Å². The van der Waals surface area contributed by atoms with Crippen LogP contribution in [0.25, 0.3) is 6.08 Å². The van der Waals surface area contributed by atoms with E-state index in [1.165, 1.54) is 19.9 Å². The predicted molar refractivity (Wildman–Crippen MR) is 107 cm³/mol. The van der Waals surface area contributed by atoms with Gasteiger partial charge < -0.3 is 20.1 Å². The zero-order chi connectivity index (χ0) is 20.5. The Balaban J connectivity index is 1.85. The Kier molecular flexibility index (Phi) is 7.33. The highest BCUT2D eigenvalue weighted by Gasteiger charge is 2.16. The summed E-state index contributed by atoms with van der Waals surface area (Å²) >= 11 is 0. The fourth-order valence-corrected chi connectivity index (χ4v) is 2.23. The Morgan fingerprint density at radius 1 is 0.929 bits per heavy atom. The van der Waals surface area contributed by atoms with E-state index in [0.717, 1.165) is 11.3 Å². The molecule has 0 radical (unpaired) electrons. The van der Waals surface area contributed by atoms with Crippen molar-refractivity contribution in [1.29, 1.82) is 0 Å². The van der Waals surface area contributed by atoms with E-state index < -0.39 is 18.0 Å². The normalized spacial score (nSPS) is 11.5. The van der Waals surface area contributed by atoms with Gasteiger partial charge in [-0.3, -0.25) is 9.59 Å². The summed E-state index contributed by atoms with van der Waals surface area (Å²) in [6.07, 6.45) is 1.88. The van der Waals surface area contributed by atoms with Crippen LogP contribution < -0.4 is 15.4 Å². The van der Waals surface area contributed by atoms with Gasteiger partial charge in [-0.2, -0.15) is 0 Å². The first-order valence-electron chi connectivity index (χ1n) is 8.58. The van der Waals surface area contributed by atoms with Crippen molar-refractivity contribution in [3.8, 4) is 5.75 Å². The number of carbonyl (C=O) groups excluding carboxylic acids is 3. The highest BCUT2D eigenvalue weighted by atomic mass is 16.5. The molecule has 0 fully saturated rings. The number of hydrogen-bond donors (Lipinski definition) is 2. The number of nitrogens with one attached hydrogen (secondary N) is 2. The smallest absolute Gasteiger partial charge is 0.331 e. The van der Waals surface area contributed by atoms with Gasteiger partial charge in [-0.05, 0) is 55.0 Å². The number of ether oxygens (including phenoxy) is 2. The Labute approximate surface area is 163 Å². The van der Waals surface area contributed by atoms with Crippen LogP contribution in [0.1, 0.15) is 19.4 Å². The monoisotopic (exact) mass is 382 g/mol. The molecule has 7 heteroatoms. The molecule has 2 rings (SSSR count). The quantitative estimate of drug-likeness (QED) is 0.566. The molecule has 0 bridgehead atoms. The molecule has 0 unspecified atom stereocenters. The van der Waals surface area contributed by atoms with Crippen molar-refractivity contribution in [2.75, 3.05) is 17.7 Å². The maximum absolute atomic E-state index is 12.2. The lowest BCUT2D eigenvalue weighted by Crippen LogP contribution is -2.29. The Morgan fingerprint density at radius 3 is 2.04 bits per heavy atom. The summed E-state index contributed by atoms with van der Waals surface area (Å²) in [5.41, 5.74) is 1.94. The topological polar surface area (TPSA) is 93.7 Å². The van der Waals surface area contributed by atoms with Crippen molar-refractivity contribution >= 4 is 35.2 Å². The highest BCUT2D eigenvalue weighted by Crippen LogP contribution is 2.15. The maximum Gasteiger partial charge on any atom is 0.331 e. The summed E-state index contributed by atoms with van der Waals surface area (Å²) in [5, 5.41) is 5.28. The van der Waals surface area contributed by atoms with Gasteiger partial charge in [0.2, 0.25) is 5.91 Å². The standard InChI is InChI=1S/C21H22N2O5/c1-14(21(26)23-18-9-7-17(8-10-18)22-15(2)24)28-20(25)13-6-16-4-11-19(27-3)12-5-16/h4-14H,1-3H3,(H,22,24)(H,23,26)/b13-6+/t14-/m0/s1. The zero-order valence-corrected chi connectivity index (χ0v) is 15.9. The fraction of sp³-hybridized carbons (Fsp3) is 0.190. The van der Waals surface area contributed by atoms with Gasteiger partial charge >= 0.3 is 5.97 Å². The lowest BCUT2D eigenvalue weighted by Gasteiger charge is -2.12. The average molecular weight is 382 g/mol. The molecule has 0 saturated carbocycles. The van der Waals surface area contributed by atoms with Crippen LogP contribution in [0.3, 0.4) is 0 Å². The number of carbonyl (C=O) groups is 3. The summed E-state index contributed by atoms with van der Waals surface area (Å²) < 4.78 is 10.2. The third-order valence-corrected chi connectivity index (χ3v) is 3.66. The summed E-state index contributed by atoms with van der Waals surface area (Å²) in [4.78, 5) is 35.1. The largest absolute Gasteiger partial charge is 0.497 e. The van der Waals surface area contributed by atoms with Crippen LogP contribution in [0.5, 0.6) is 5.75 Å². The predicted octanol–water partition coefficient (Wildman–Crippen LogP) is 3.24. The minimum atomic E-state index is -0.969. The van der Waals surface area contributed by atoms with Gasteiger partial charge in [0, 0.05) is 24.4 Å². The van der Waals surface area contributed by atoms with Gasteiger partial charge in [-0.15, -0.1) is 0 Å². The van der Waals surface area contributed by atoms with E-state index in [0.29, 0.717) is 11.4 Å². The van der Waals surface area contributed by atoms with Crippen molar-refractivity contribution < 1.29 is 23.9 Å². The van der Waals surface area contributed by atoms with E-state index in [-0.39, 0.29) is 5.91 Å². The third kappa shape index (κ3) is 6.60. The molecule has 146 valence electrons. The number of hydrogen-bond acceptors (Lipinski definition) is 5. The molecule has 0 aliphatic heterocycles. The Hall–Kier alpha value is -3.61. The van der Waals surface area contributed by atoms with E-state index in [4.69, 9.17) is 9.47 Å². The number of methoxy groups -OCH3 is 1. The van der Waals surface area contributed by atoms with Crippen molar-refractivity contribution in [3.05, 3.63) is 60.2 Å². The number of amides is 2. The van der Waals surface area contributed by atoms with Crippen molar-refractivity contribution in [2.24, 2.45) is 0 Å². The van der Waals surface area contributed by atoms with E-state index >= 15 is 0 Å². The lowest BCUT2D eigenvalue weighted by molar-refractivity contribution is -0.148. The minimum absolute atomic E-state index is 0.181. The highest BCUT2D eigenvalue weighted by molar-refractivity contribution is 5.97. The second-order valence-corrected chi connectivity index (χ2v) is 5.93. The molecule has 28 heavy (non-hydrogen) atoms. The van der Waals surface area contributed by atoms with Gasteiger partial charge in [0.15, 0.2) is 6.10 Å². The number of esters is 1. The molecule has 0 aromatic heterocycles. The Morgan fingerprint density at radius 2 is 1.50 bits per heavy atom.